The summed E-state index contributed by atoms with van der Waals surface area (Å²) in [5, 5.41) is 0. The van der Waals surface area contributed by atoms with Crippen LogP contribution in [0.25, 0.3) is 0 Å². The van der Waals surface area contributed by atoms with Crippen LogP contribution in [0, 0.1) is 5.92 Å². The first kappa shape index (κ1) is 25.3. The molecule has 1 atom stereocenters. The van der Waals surface area contributed by atoms with Gasteiger partial charge in [-0.25, -0.2) is 4.79 Å². The minimum absolute atomic E-state index is 0.00694. The number of rotatable bonds is 11. The van der Waals surface area contributed by atoms with Crippen molar-refractivity contribution in [1.82, 2.24) is 0 Å². The van der Waals surface area contributed by atoms with Gasteiger partial charge in [0.2, 0.25) is 5.91 Å². The Morgan fingerprint density at radius 2 is 1.60 bits per heavy atom. The molecule has 0 aliphatic heterocycles. The molecule has 1 aromatic carbocycles. The average molecular weight is 420 g/mol. The summed E-state index contributed by atoms with van der Waals surface area (Å²) in [6, 6.07) is 4.31. The highest BCUT2D eigenvalue weighted by Crippen LogP contribution is 2.27. The summed E-state index contributed by atoms with van der Waals surface area (Å²) in [6.45, 7) is 11.0. The third kappa shape index (κ3) is 6.68. The second-order valence-electron chi connectivity index (χ2n) is 7.26. The van der Waals surface area contributed by atoms with Crippen molar-refractivity contribution in [1.29, 1.82) is 0 Å². The number of anilines is 1. The van der Waals surface area contributed by atoms with E-state index in [1.807, 2.05) is 20.8 Å². The first-order valence-corrected chi connectivity index (χ1v) is 10.5. The highest BCUT2D eigenvalue weighted by atomic mass is 16.5. The molecule has 0 bridgehead atoms. The maximum absolute atomic E-state index is 13.0. The van der Waals surface area contributed by atoms with E-state index in [1.165, 1.54) is 11.8 Å². The molecule has 1 rings (SSSR count). The van der Waals surface area contributed by atoms with Crippen LogP contribution >= 0.6 is 0 Å². The number of carbonyl (C=O) groups is 4. The molecule has 1 unspecified atom stereocenters. The van der Waals surface area contributed by atoms with Gasteiger partial charge >= 0.3 is 11.9 Å². The Hall–Kier alpha value is -2.70. The minimum atomic E-state index is -0.727. The van der Waals surface area contributed by atoms with Crippen molar-refractivity contribution in [3.63, 3.8) is 0 Å². The fourth-order valence-electron chi connectivity index (χ4n) is 3.39. The van der Waals surface area contributed by atoms with Crippen LogP contribution in [0.5, 0.6) is 0 Å². The first-order chi connectivity index (χ1) is 14.2. The molecule has 0 radical (unpaired) electrons. The highest BCUT2D eigenvalue weighted by Gasteiger charge is 2.32. The van der Waals surface area contributed by atoms with Gasteiger partial charge in [-0.05, 0) is 49.9 Å². The van der Waals surface area contributed by atoms with Gasteiger partial charge in [0.05, 0.1) is 31.2 Å². The number of Topliss-reactive ketones (excluding diaryl/α,β-unsaturated/α-hetero) is 1. The Morgan fingerprint density at radius 1 is 0.967 bits per heavy atom. The van der Waals surface area contributed by atoms with Gasteiger partial charge in [-0.2, -0.15) is 0 Å². The number of amides is 1. The fraction of sp³-hybridized carbons (Fsp3) is 0.565. The standard InChI is InChI=1S/C23H33NO6/c1-7-17-14-18(10-11-19(17)23(28)30-9-3)24(16(6)25)22(15(4)5)20(26)12-13-21(27)29-8-2/h10-11,14-15,22H,7-9,12-13H2,1-6H3. The summed E-state index contributed by atoms with van der Waals surface area (Å²) in [5.74, 6) is -1.51. The first-order valence-electron chi connectivity index (χ1n) is 10.5. The van der Waals surface area contributed by atoms with Crippen LogP contribution in [0.1, 0.15) is 70.3 Å². The second kappa shape index (κ2) is 12.1. The zero-order valence-corrected chi connectivity index (χ0v) is 18.8. The Kier molecular flexibility index (Phi) is 10.2. The van der Waals surface area contributed by atoms with Gasteiger partial charge in [0.15, 0.2) is 5.78 Å². The molecule has 7 nitrogen and oxygen atoms in total. The van der Waals surface area contributed by atoms with E-state index in [9.17, 15) is 19.2 Å². The Morgan fingerprint density at radius 3 is 2.10 bits per heavy atom. The molecule has 0 heterocycles. The summed E-state index contributed by atoms with van der Waals surface area (Å²) in [5.41, 5.74) is 1.72. The number of ketones is 1. The quantitative estimate of drug-likeness (QED) is 0.508. The van der Waals surface area contributed by atoms with Gasteiger partial charge in [-0.1, -0.05) is 20.8 Å². The lowest BCUT2D eigenvalue weighted by molar-refractivity contribution is -0.144. The predicted molar refractivity (Wildman–Crippen MR) is 114 cm³/mol. The summed E-state index contributed by atoms with van der Waals surface area (Å²) in [6.07, 6.45) is 0.535. The van der Waals surface area contributed by atoms with E-state index >= 15 is 0 Å². The van der Waals surface area contributed by atoms with E-state index < -0.39 is 18.0 Å². The fourth-order valence-corrected chi connectivity index (χ4v) is 3.39. The summed E-state index contributed by atoms with van der Waals surface area (Å²) in [7, 11) is 0. The highest BCUT2D eigenvalue weighted by molar-refractivity contribution is 6.01. The molecule has 0 aliphatic carbocycles. The van der Waals surface area contributed by atoms with Crippen LogP contribution < -0.4 is 4.90 Å². The van der Waals surface area contributed by atoms with Crippen LogP contribution in [0.2, 0.25) is 0 Å². The molecule has 1 aromatic rings. The number of nitrogens with zero attached hydrogens (tertiary/aromatic N) is 1. The van der Waals surface area contributed by atoms with E-state index in [-0.39, 0.29) is 43.7 Å². The molecule has 0 saturated carbocycles. The number of ether oxygens (including phenoxy) is 2. The van der Waals surface area contributed by atoms with Crippen molar-refractivity contribution in [3.8, 4) is 0 Å². The van der Waals surface area contributed by atoms with Gasteiger partial charge in [0.1, 0.15) is 0 Å². The minimum Gasteiger partial charge on any atom is -0.466 e. The molecule has 30 heavy (non-hydrogen) atoms. The SMILES string of the molecule is CCOC(=O)CCC(=O)C(C(C)C)N(C(C)=O)c1ccc(C(=O)OCC)c(CC)c1. The van der Waals surface area contributed by atoms with Gasteiger partial charge in [-0.3, -0.25) is 14.4 Å². The van der Waals surface area contributed by atoms with Gasteiger partial charge in [0, 0.05) is 19.0 Å². The smallest absolute Gasteiger partial charge is 0.338 e. The molecule has 0 fully saturated rings. The van der Waals surface area contributed by atoms with Crippen molar-refractivity contribution in [3.05, 3.63) is 29.3 Å². The zero-order chi connectivity index (χ0) is 22.8. The zero-order valence-electron chi connectivity index (χ0n) is 18.8. The van der Waals surface area contributed by atoms with E-state index in [0.29, 0.717) is 17.7 Å². The maximum atomic E-state index is 13.0. The van der Waals surface area contributed by atoms with Crippen LogP contribution in [-0.4, -0.2) is 42.9 Å². The summed E-state index contributed by atoms with van der Waals surface area (Å²) in [4.78, 5) is 50.8. The normalized spacial score (nSPS) is 11.7. The lowest BCUT2D eigenvalue weighted by atomic mass is 9.93. The van der Waals surface area contributed by atoms with E-state index in [4.69, 9.17) is 9.47 Å². The third-order valence-corrected chi connectivity index (χ3v) is 4.70. The molecule has 7 heteroatoms. The predicted octanol–water partition coefficient (Wildman–Crippen LogP) is 3.72. The van der Waals surface area contributed by atoms with Crippen molar-refractivity contribution in [2.45, 2.75) is 66.8 Å². The van der Waals surface area contributed by atoms with E-state index in [0.717, 1.165) is 5.56 Å². The van der Waals surface area contributed by atoms with Crippen molar-refractivity contribution in [2.24, 2.45) is 5.92 Å². The Labute approximate surface area is 178 Å². The van der Waals surface area contributed by atoms with Crippen LogP contribution in [0.3, 0.4) is 0 Å². The summed E-state index contributed by atoms with van der Waals surface area (Å²) < 4.78 is 9.99. The largest absolute Gasteiger partial charge is 0.466 e. The Bertz CT molecular complexity index is 771. The van der Waals surface area contributed by atoms with E-state index in [2.05, 4.69) is 0 Å². The van der Waals surface area contributed by atoms with Crippen molar-refractivity contribution < 1.29 is 28.7 Å². The van der Waals surface area contributed by atoms with Gasteiger partial charge < -0.3 is 14.4 Å². The number of aryl methyl sites for hydroxylation is 1. The maximum Gasteiger partial charge on any atom is 0.338 e. The molecular weight excluding hydrogens is 386 g/mol. The third-order valence-electron chi connectivity index (χ3n) is 4.70. The number of hydrogen-bond acceptors (Lipinski definition) is 6. The van der Waals surface area contributed by atoms with Gasteiger partial charge in [-0.15, -0.1) is 0 Å². The molecule has 0 aliphatic rings. The molecule has 0 saturated heterocycles. The van der Waals surface area contributed by atoms with E-state index in [1.54, 1.807) is 32.0 Å². The molecule has 0 spiro atoms. The average Bonchev–Trinajstić information content (AvgIpc) is 2.69. The lowest BCUT2D eigenvalue weighted by Crippen LogP contribution is -2.47. The molecule has 166 valence electrons. The molecule has 0 N–H and O–H groups in total. The molecule has 1 amide bonds. The topological polar surface area (TPSA) is 90.0 Å². The molecular formula is C23H33NO6. The summed E-state index contributed by atoms with van der Waals surface area (Å²) >= 11 is 0. The van der Waals surface area contributed by atoms with Gasteiger partial charge in [0.25, 0.3) is 0 Å². The number of carbonyl (C=O) groups excluding carboxylic acids is 4. The van der Waals surface area contributed by atoms with Crippen LogP contribution in [0.4, 0.5) is 5.69 Å². The number of hydrogen-bond donors (Lipinski definition) is 0. The van der Waals surface area contributed by atoms with Crippen molar-refractivity contribution >= 4 is 29.3 Å². The van der Waals surface area contributed by atoms with Crippen LogP contribution in [-0.2, 0) is 30.3 Å². The Balaban J connectivity index is 3.26. The van der Waals surface area contributed by atoms with Crippen LogP contribution in [0.15, 0.2) is 18.2 Å². The monoisotopic (exact) mass is 419 g/mol. The number of esters is 2. The molecule has 0 aromatic heterocycles. The lowest BCUT2D eigenvalue weighted by Gasteiger charge is -2.33. The second-order valence-corrected chi connectivity index (χ2v) is 7.26. The van der Waals surface area contributed by atoms with Crippen molar-refractivity contribution in [2.75, 3.05) is 18.1 Å². The number of benzene rings is 1.